The minimum atomic E-state index is -5.08. The Morgan fingerprint density at radius 3 is 2.12 bits per heavy atom. The van der Waals surface area contributed by atoms with Crippen molar-refractivity contribution in [2.75, 3.05) is 6.61 Å². The number of halogens is 6. The third-order valence-electron chi connectivity index (χ3n) is 8.24. The van der Waals surface area contributed by atoms with Crippen LogP contribution in [0.25, 0.3) is 10.8 Å². The lowest BCUT2D eigenvalue weighted by atomic mass is 9.95. The Labute approximate surface area is 282 Å². The molecule has 48 heavy (non-hydrogen) atoms. The molecule has 3 aromatic rings. The summed E-state index contributed by atoms with van der Waals surface area (Å²) < 4.78 is 99.7. The molecule has 0 aromatic heterocycles. The maximum atomic E-state index is 16.2. The number of piperidine rings is 1. The van der Waals surface area contributed by atoms with Gasteiger partial charge < -0.3 is 20.5 Å². The van der Waals surface area contributed by atoms with Crippen LogP contribution in [0.15, 0.2) is 70.0 Å². The second-order valence-corrected chi connectivity index (χ2v) is 14.4. The van der Waals surface area contributed by atoms with E-state index < -0.39 is 45.6 Å². The normalized spacial score (nSPS) is 20.2. The summed E-state index contributed by atoms with van der Waals surface area (Å²) in [5, 5.41) is 8.47. The first kappa shape index (κ1) is 37.5. The van der Waals surface area contributed by atoms with Gasteiger partial charge in [-0.2, -0.15) is 26.7 Å². The average molecular weight is 765 g/mol. The summed E-state index contributed by atoms with van der Waals surface area (Å²) in [5.41, 5.74) is 5.68. The molecule has 262 valence electrons. The van der Waals surface area contributed by atoms with Crippen LogP contribution in [-0.2, 0) is 25.5 Å². The molecule has 9 nitrogen and oxygen atoms in total. The van der Waals surface area contributed by atoms with Gasteiger partial charge in [0, 0.05) is 28.2 Å². The van der Waals surface area contributed by atoms with E-state index in [1.165, 1.54) is 41.3 Å². The van der Waals surface area contributed by atoms with Gasteiger partial charge in [0.15, 0.2) is 6.04 Å². The number of carboxylic acid groups (broad SMARTS) is 1. The van der Waals surface area contributed by atoms with Crippen LogP contribution in [0.2, 0.25) is 0 Å². The highest BCUT2D eigenvalue weighted by molar-refractivity contribution is 9.10. The van der Waals surface area contributed by atoms with Crippen molar-refractivity contribution in [3.8, 4) is 5.75 Å². The highest BCUT2D eigenvalue weighted by atomic mass is 79.9. The Morgan fingerprint density at radius 1 is 1.00 bits per heavy atom. The van der Waals surface area contributed by atoms with E-state index in [1.807, 2.05) is 0 Å². The van der Waals surface area contributed by atoms with Gasteiger partial charge in [-0.25, -0.2) is 13.2 Å². The molecule has 2 aliphatic rings. The number of aliphatic carboxylic acids is 1. The number of ether oxygens (including phenoxy) is 1. The largest absolute Gasteiger partial charge is 0.494 e. The standard InChI is InChI=1S/C30H34BrF2N3O4S.C2HF3O2/c1-2-3-14-40-26-12-4-20-16-27(13-5-19(20)15-26)41(38,39)35-28(30(32,33)21-6-8-22(31)9-7-21)29(37)36-24-10-11-25(36)18-23(34)17-24;3-2(4,5)1(6)7/h4-9,12-13,15-16,23-25,28,35H,2-3,10-11,14,17-18,34H2,1H3;(H,6,7). The van der Waals surface area contributed by atoms with Crippen molar-refractivity contribution in [1.82, 2.24) is 9.62 Å². The highest BCUT2D eigenvalue weighted by Crippen LogP contribution is 2.40. The number of carboxylic acids is 1. The first-order chi connectivity index (χ1) is 22.4. The fourth-order valence-corrected chi connectivity index (χ4v) is 7.35. The zero-order valence-electron chi connectivity index (χ0n) is 25.7. The fourth-order valence-electron chi connectivity index (χ4n) is 5.86. The number of amides is 1. The van der Waals surface area contributed by atoms with Gasteiger partial charge in [0.1, 0.15) is 5.75 Å². The van der Waals surface area contributed by atoms with E-state index in [4.69, 9.17) is 20.4 Å². The van der Waals surface area contributed by atoms with Gasteiger partial charge >= 0.3 is 12.1 Å². The maximum absolute atomic E-state index is 16.2. The summed E-state index contributed by atoms with van der Waals surface area (Å²) >= 11 is 3.24. The van der Waals surface area contributed by atoms with E-state index in [-0.39, 0.29) is 23.0 Å². The number of sulfonamides is 1. The molecule has 4 N–H and O–H groups in total. The number of fused-ring (bicyclic) bond motifs is 3. The Bertz CT molecular complexity index is 1710. The quantitative estimate of drug-likeness (QED) is 0.162. The van der Waals surface area contributed by atoms with E-state index in [9.17, 15) is 26.4 Å². The van der Waals surface area contributed by atoms with Gasteiger partial charge in [-0.05, 0) is 79.3 Å². The number of unbranched alkanes of at least 4 members (excludes halogenated alkanes) is 1. The second kappa shape index (κ2) is 15.0. The third kappa shape index (κ3) is 8.81. The van der Waals surface area contributed by atoms with Gasteiger partial charge in [0.05, 0.1) is 11.5 Å². The lowest BCUT2D eigenvalue weighted by Gasteiger charge is -2.41. The van der Waals surface area contributed by atoms with E-state index in [0.29, 0.717) is 47.9 Å². The summed E-state index contributed by atoms with van der Waals surface area (Å²) in [7, 11) is -4.53. The molecule has 0 aliphatic carbocycles. The molecule has 0 spiro atoms. The zero-order valence-corrected chi connectivity index (χ0v) is 28.1. The third-order valence-corrected chi connectivity index (χ3v) is 10.2. The predicted octanol–water partition coefficient (Wildman–Crippen LogP) is 6.33. The number of nitrogens with zero attached hydrogens (tertiary/aromatic N) is 1. The number of benzene rings is 3. The zero-order chi connectivity index (χ0) is 35.4. The summed E-state index contributed by atoms with van der Waals surface area (Å²) in [4.78, 5) is 24.0. The molecule has 2 fully saturated rings. The molecule has 16 heteroatoms. The molecular formula is C32H35BrF5N3O6S. The number of carbonyl (C=O) groups is 2. The number of alkyl halides is 5. The maximum Gasteiger partial charge on any atom is 0.490 e. The van der Waals surface area contributed by atoms with Crippen molar-refractivity contribution < 1.29 is 49.8 Å². The summed E-state index contributed by atoms with van der Waals surface area (Å²) in [6.45, 7) is 2.64. The lowest BCUT2D eigenvalue weighted by Crippen LogP contribution is -2.60. The van der Waals surface area contributed by atoms with Gasteiger partial charge in [-0.15, -0.1) is 0 Å². The van der Waals surface area contributed by atoms with Crippen LogP contribution in [0.5, 0.6) is 5.75 Å². The van der Waals surface area contributed by atoms with Crippen molar-refractivity contribution in [1.29, 1.82) is 0 Å². The van der Waals surface area contributed by atoms with Gasteiger partial charge in [-0.3, -0.25) is 4.79 Å². The van der Waals surface area contributed by atoms with E-state index >= 15 is 8.78 Å². The van der Waals surface area contributed by atoms with Crippen LogP contribution in [0.4, 0.5) is 22.0 Å². The molecule has 2 bridgehead atoms. The molecule has 5 rings (SSSR count). The molecule has 0 saturated carbocycles. The fraction of sp³-hybridized carbons (Fsp3) is 0.438. The van der Waals surface area contributed by atoms with Crippen molar-refractivity contribution >= 4 is 48.6 Å². The molecule has 2 heterocycles. The van der Waals surface area contributed by atoms with Crippen molar-refractivity contribution in [2.45, 2.75) is 86.6 Å². The number of carbonyl (C=O) groups excluding carboxylic acids is 1. The van der Waals surface area contributed by atoms with Gasteiger partial charge in [-0.1, -0.05) is 53.5 Å². The SMILES string of the molecule is CCCCOc1ccc2cc(S(=O)(=O)NC(C(=O)N3C4CCC3CC(N)C4)C(F)(F)c3ccc(Br)cc3)ccc2c1.O=C(O)C(F)(F)F. The van der Waals surface area contributed by atoms with Crippen LogP contribution >= 0.6 is 15.9 Å². The predicted molar refractivity (Wildman–Crippen MR) is 171 cm³/mol. The first-order valence-corrected chi connectivity index (χ1v) is 17.4. The van der Waals surface area contributed by atoms with Crippen LogP contribution in [0.1, 0.15) is 51.0 Å². The molecule has 1 amide bonds. The second-order valence-electron chi connectivity index (χ2n) is 11.7. The number of nitrogens with one attached hydrogen (secondary N) is 1. The topological polar surface area (TPSA) is 139 Å². The Kier molecular flexibility index (Phi) is 11.8. The molecule has 2 aliphatic heterocycles. The molecule has 3 unspecified atom stereocenters. The summed E-state index contributed by atoms with van der Waals surface area (Å²) in [5.74, 6) is -6.86. The Hall–Kier alpha value is -3.34. The van der Waals surface area contributed by atoms with E-state index in [2.05, 4.69) is 27.6 Å². The van der Waals surface area contributed by atoms with Crippen LogP contribution in [0, 0.1) is 0 Å². The molecule has 0 radical (unpaired) electrons. The van der Waals surface area contributed by atoms with Crippen molar-refractivity contribution in [3.05, 3.63) is 70.7 Å². The lowest BCUT2D eigenvalue weighted by molar-refractivity contribution is -0.192. The number of rotatable bonds is 10. The minimum Gasteiger partial charge on any atom is -0.494 e. The first-order valence-electron chi connectivity index (χ1n) is 15.1. The highest BCUT2D eigenvalue weighted by Gasteiger charge is 2.53. The van der Waals surface area contributed by atoms with Crippen LogP contribution < -0.4 is 15.2 Å². The average Bonchev–Trinajstić information content (AvgIpc) is 3.29. The Balaban J connectivity index is 0.000000671. The monoisotopic (exact) mass is 763 g/mol. The van der Waals surface area contributed by atoms with Crippen LogP contribution in [0.3, 0.4) is 0 Å². The number of hydrogen-bond acceptors (Lipinski definition) is 6. The minimum absolute atomic E-state index is 0.117. The van der Waals surface area contributed by atoms with Gasteiger partial charge in [0.2, 0.25) is 15.9 Å². The molecular weight excluding hydrogens is 729 g/mol. The smallest absolute Gasteiger partial charge is 0.490 e. The number of hydrogen-bond donors (Lipinski definition) is 3. The summed E-state index contributed by atoms with van der Waals surface area (Å²) in [6.07, 6.45) is -0.860. The van der Waals surface area contributed by atoms with E-state index in [0.717, 1.165) is 18.2 Å². The van der Waals surface area contributed by atoms with Crippen molar-refractivity contribution in [2.24, 2.45) is 5.73 Å². The van der Waals surface area contributed by atoms with Crippen molar-refractivity contribution in [3.63, 3.8) is 0 Å². The molecule has 3 aromatic carbocycles. The molecule has 2 saturated heterocycles. The molecule has 3 atom stereocenters. The van der Waals surface area contributed by atoms with E-state index in [1.54, 1.807) is 24.3 Å². The van der Waals surface area contributed by atoms with Crippen LogP contribution in [-0.4, -0.2) is 67.3 Å². The summed E-state index contributed by atoms with van der Waals surface area (Å²) in [6, 6.07) is 11.9. The number of nitrogens with two attached hydrogens (primary N) is 1. The Morgan fingerprint density at radius 2 is 1.56 bits per heavy atom. The van der Waals surface area contributed by atoms with Gasteiger partial charge in [0.25, 0.3) is 5.92 Å².